The number of rotatable bonds is 10. The molecule has 0 radical (unpaired) electrons. The Labute approximate surface area is 147 Å². The summed E-state index contributed by atoms with van der Waals surface area (Å²) < 4.78 is 14.9. The van der Waals surface area contributed by atoms with Gasteiger partial charge < -0.3 is 19.5 Å². The molecule has 1 amide bonds. The predicted molar refractivity (Wildman–Crippen MR) is 91.7 cm³/mol. The summed E-state index contributed by atoms with van der Waals surface area (Å²) in [5.41, 5.74) is 0.685. The third-order valence-corrected chi connectivity index (χ3v) is 3.03. The second-order valence-electron chi connectivity index (χ2n) is 4.93. The Kier molecular flexibility index (Phi) is 9.41. The van der Waals surface area contributed by atoms with Crippen molar-refractivity contribution in [2.24, 2.45) is 0 Å². The van der Waals surface area contributed by atoms with E-state index in [0.29, 0.717) is 37.5 Å². The Morgan fingerprint density at radius 2 is 2.00 bits per heavy atom. The number of esters is 1. The maximum atomic E-state index is 11.9. The van der Waals surface area contributed by atoms with Crippen LogP contribution in [0.1, 0.15) is 18.9 Å². The van der Waals surface area contributed by atoms with E-state index in [4.69, 9.17) is 19.5 Å². The Hall–Kier alpha value is -2.85. The maximum absolute atomic E-state index is 11.9. The summed E-state index contributed by atoms with van der Waals surface area (Å²) in [4.78, 5) is 23.2. The molecule has 7 nitrogen and oxygen atoms in total. The lowest BCUT2D eigenvalue weighted by Crippen LogP contribution is -2.26. The highest BCUT2D eigenvalue weighted by Gasteiger charge is 2.08. The van der Waals surface area contributed by atoms with Gasteiger partial charge in [-0.15, -0.1) is 0 Å². The fraction of sp³-hybridized carbons (Fsp3) is 0.389. The SMILES string of the molecule is CCOC(=O)COc1ccc(/C=C(\C#N)C(=O)NCCCOC)cc1. The van der Waals surface area contributed by atoms with Crippen molar-refractivity contribution >= 4 is 18.0 Å². The summed E-state index contributed by atoms with van der Waals surface area (Å²) in [5.74, 6) is -0.377. The molecule has 1 aromatic rings. The van der Waals surface area contributed by atoms with Crippen LogP contribution in [0.2, 0.25) is 0 Å². The van der Waals surface area contributed by atoms with E-state index in [-0.39, 0.29) is 12.2 Å². The second kappa shape index (κ2) is 11.6. The van der Waals surface area contributed by atoms with Gasteiger partial charge in [-0.1, -0.05) is 12.1 Å². The number of carbonyl (C=O) groups excluding carboxylic acids is 2. The molecule has 0 heterocycles. The van der Waals surface area contributed by atoms with Crippen molar-refractivity contribution in [3.63, 3.8) is 0 Å². The maximum Gasteiger partial charge on any atom is 0.344 e. The van der Waals surface area contributed by atoms with E-state index >= 15 is 0 Å². The van der Waals surface area contributed by atoms with E-state index in [1.165, 1.54) is 6.08 Å². The molecule has 0 fully saturated rings. The number of hydrogen-bond acceptors (Lipinski definition) is 6. The van der Waals surface area contributed by atoms with Crippen LogP contribution in [0, 0.1) is 11.3 Å². The first kappa shape index (κ1) is 20.2. The Morgan fingerprint density at radius 3 is 2.60 bits per heavy atom. The lowest BCUT2D eigenvalue weighted by atomic mass is 10.1. The standard InChI is InChI=1S/C18H22N2O5/c1-3-24-17(21)13-25-16-7-5-14(6-8-16)11-15(12-19)18(22)20-9-4-10-23-2/h5-8,11H,3-4,9-10,13H2,1-2H3,(H,20,22)/b15-11+. The molecule has 0 unspecified atom stereocenters. The predicted octanol–water partition coefficient (Wildman–Crippen LogP) is 1.69. The van der Waals surface area contributed by atoms with Crippen molar-refractivity contribution in [1.82, 2.24) is 5.32 Å². The van der Waals surface area contributed by atoms with E-state index in [1.54, 1.807) is 38.3 Å². The molecule has 0 saturated heterocycles. The average Bonchev–Trinajstić information content (AvgIpc) is 2.62. The third-order valence-electron chi connectivity index (χ3n) is 3.03. The zero-order valence-electron chi connectivity index (χ0n) is 14.4. The number of nitrogens with one attached hydrogen (secondary N) is 1. The van der Waals surface area contributed by atoms with Gasteiger partial charge in [0, 0.05) is 20.3 Å². The van der Waals surface area contributed by atoms with Crippen LogP contribution in [-0.2, 0) is 19.1 Å². The molecule has 134 valence electrons. The molecule has 0 saturated carbocycles. The van der Waals surface area contributed by atoms with Crippen LogP contribution in [-0.4, -0.2) is 45.4 Å². The zero-order valence-corrected chi connectivity index (χ0v) is 14.4. The van der Waals surface area contributed by atoms with E-state index in [0.717, 1.165) is 0 Å². The van der Waals surface area contributed by atoms with E-state index < -0.39 is 11.9 Å². The van der Waals surface area contributed by atoms with Crippen LogP contribution in [0.4, 0.5) is 0 Å². The van der Waals surface area contributed by atoms with Gasteiger partial charge in [-0.05, 0) is 37.1 Å². The quantitative estimate of drug-likeness (QED) is 0.300. The van der Waals surface area contributed by atoms with Gasteiger partial charge in [0.2, 0.25) is 0 Å². The van der Waals surface area contributed by atoms with Gasteiger partial charge in [-0.3, -0.25) is 4.79 Å². The fourth-order valence-corrected chi connectivity index (χ4v) is 1.83. The van der Waals surface area contributed by atoms with Crippen molar-refractivity contribution in [2.75, 3.05) is 33.5 Å². The minimum Gasteiger partial charge on any atom is -0.482 e. The summed E-state index contributed by atoms with van der Waals surface area (Å²) in [6, 6.07) is 8.57. The Bertz CT molecular complexity index is 632. The lowest BCUT2D eigenvalue weighted by molar-refractivity contribution is -0.145. The molecule has 0 aliphatic carbocycles. The summed E-state index contributed by atoms with van der Waals surface area (Å²) in [6.45, 7) is 2.83. The first-order chi connectivity index (χ1) is 12.1. The molecule has 25 heavy (non-hydrogen) atoms. The molecule has 7 heteroatoms. The minimum atomic E-state index is -0.441. The van der Waals surface area contributed by atoms with E-state index in [1.807, 2.05) is 6.07 Å². The molecule has 1 N–H and O–H groups in total. The Morgan fingerprint density at radius 1 is 1.28 bits per heavy atom. The van der Waals surface area contributed by atoms with Gasteiger partial charge in [-0.2, -0.15) is 5.26 Å². The number of carbonyl (C=O) groups is 2. The highest BCUT2D eigenvalue weighted by molar-refractivity contribution is 6.01. The molecule has 0 aliphatic heterocycles. The highest BCUT2D eigenvalue weighted by atomic mass is 16.6. The summed E-state index contributed by atoms with van der Waals surface area (Å²) in [6.07, 6.45) is 2.16. The van der Waals surface area contributed by atoms with E-state index in [2.05, 4.69) is 5.32 Å². The molecule has 0 bridgehead atoms. The van der Waals surface area contributed by atoms with Crippen molar-refractivity contribution in [2.45, 2.75) is 13.3 Å². The molecular formula is C18H22N2O5. The van der Waals surface area contributed by atoms with Crippen LogP contribution in [0.3, 0.4) is 0 Å². The van der Waals surface area contributed by atoms with Crippen LogP contribution < -0.4 is 10.1 Å². The number of benzene rings is 1. The highest BCUT2D eigenvalue weighted by Crippen LogP contribution is 2.14. The molecular weight excluding hydrogens is 324 g/mol. The lowest BCUT2D eigenvalue weighted by Gasteiger charge is -2.06. The summed E-state index contributed by atoms with van der Waals surface area (Å²) in [7, 11) is 1.59. The largest absolute Gasteiger partial charge is 0.482 e. The van der Waals surface area contributed by atoms with Crippen molar-refractivity contribution in [3.05, 3.63) is 35.4 Å². The van der Waals surface area contributed by atoms with Crippen molar-refractivity contribution < 1.29 is 23.8 Å². The third kappa shape index (κ3) is 7.99. The first-order valence-corrected chi connectivity index (χ1v) is 7.88. The van der Waals surface area contributed by atoms with E-state index in [9.17, 15) is 9.59 Å². The van der Waals surface area contributed by atoms with Gasteiger partial charge in [0.05, 0.1) is 6.61 Å². The second-order valence-corrected chi connectivity index (χ2v) is 4.93. The molecule has 1 rings (SSSR count). The van der Waals surface area contributed by atoms with Crippen LogP contribution in [0.25, 0.3) is 6.08 Å². The monoisotopic (exact) mass is 346 g/mol. The molecule has 1 aromatic carbocycles. The number of nitriles is 1. The van der Waals surface area contributed by atoms with Crippen LogP contribution in [0.5, 0.6) is 5.75 Å². The van der Waals surface area contributed by atoms with Gasteiger partial charge in [-0.25, -0.2) is 4.79 Å². The van der Waals surface area contributed by atoms with Crippen LogP contribution >= 0.6 is 0 Å². The number of nitrogens with zero attached hydrogens (tertiary/aromatic N) is 1. The number of hydrogen-bond donors (Lipinski definition) is 1. The normalized spacial score (nSPS) is 10.7. The number of amides is 1. The van der Waals surface area contributed by atoms with Crippen LogP contribution in [0.15, 0.2) is 29.8 Å². The minimum absolute atomic E-state index is 0.0117. The molecule has 0 aromatic heterocycles. The Balaban J connectivity index is 2.60. The van der Waals surface area contributed by atoms with Gasteiger partial charge in [0.15, 0.2) is 6.61 Å². The number of ether oxygens (including phenoxy) is 3. The van der Waals surface area contributed by atoms with Crippen molar-refractivity contribution in [1.29, 1.82) is 5.26 Å². The van der Waals surface area contributed by atoms with Crippen molar-refractivity contribution in [3.8, 4) is 11.8 Å². The summed E-state index contributed by atoms with van der Waals surface area (Å²) in [5, 5.41) is 11.8. The van der Waals surface area contributed by atoms with Gasteiger partial charge in [0.1, 0.15) is 17.4 Å². The summed E-state index contributed by atoms with van der Waals surface area (Å²) >= 11 is 0. The number of methoxy groups -OCH3 is 1. The fourth-order valence-electron chi connectivity index (χ4n) is 1.83. The zero-order chi connectivity index (χ0) is 18.5. The first-order valence-electron chi connectivity index (χ1n) is 7.88. The average molecular weight is 346 g/mol. The smallest absolute Gasteiger partial charge is 0.344 e. The molecule has 0 atom stereocenters. The topological polar surface area (TPSA) is 97.7 Å². The van der Waals surface area contributed by atoms with Gasteiger partial charge in [0.25, 0.3) is 5.91 Å². The molecule has 0 aliphatic rings. The molecule has 0 spiro atoms. The van der Waals surface area contributed by atoms with Gasteiger partial charge >= 0.3 is 5.97 Å².